The average Bonchev–Trinajstić information content (AvgIpc) is 3.09. The Kier molecular flexibility index (Phi) is 7.05. The molecule has 146 valence electrons. The van der Waals surface area contributed by atoms with Crippen LogP contribution in [0.15, 0.2) is 58.2 Å². The number of rotatable bonds is 8. The van der Waals surface area contributed by atoms with Gasteiger partial charge in [-0.1, -0.05) is 27.7 Å². The number of nitrogens with zero attached hydrogens (tertiary/aromatic N) is 3. The largest absolute Gasteiger partial charge is 0.378 e. The summed E-state index contributed by atoms with van der Waals surface area (Å²) >= 11 is 4.70. The lowest BCUT2D eigenvalue weighted by molar-refractivity contribution is -0.113. The summed E-state index contributed by atoms with van der Waals surface area (Å²) in [5.41, 5.74) is 1.55. The highest BCUT2D eigenvalue weighted by Gasteiger charge is 2.13. The van der Waals surface area contributed by atoms with E-state index in [0.717, 1.165) is 21.7 Å². The number of benzene rings is 2. The molecule has 0 spiro atoms. The minimum absolute atomic E-state index is 0.107. The zero-order chi connectivity index (χ0) is 19.9. The maximum Gasteiger partial charge on any atom is 0.234 e. The minimum atomic E-state index is -0.276. The summed E-state index contributed by atoms with van der Waals surface area (Å²) in [6.07, 6.45) is 0. The van der Waals surface area contributed by atoms with Gasteiger partial charge in [-0.25, -0.2) is 4.39 Å². The predicted octanol–water partition coefficient (Wildman–Crippen LogP) is 4.54. The molecule has 28 heavy (non-hydrogen) atoms. The van der Waals surface area contributed by atoms with E-state index < -0.39 is 0 Å². The third-order valence-electron chi connectivity index (χ3n) is 3.86. The van der Waals surface area contributed by atoms with Crippen LogP contribution in [0.25, 0.3) is 0 Å². The van der Waals surface area contributed by atoms with Crippen molar-refractivity contribution in [1.29, 1.82) is 0 Å². The van der Waals surface area contributed by atoms with E-state index in [1.807, 2.05) is 35.8 Å². The average molecular weight is 464 g/mol. The van der Waals surface area contributed by atoms with Crippen LogP contribution in [-0.2, 0) is 17.9 Å². The van der Waals surface area contributed by atoms with Crippen molar-refractivity contribution in [1.82, 2.24) is 14.8 Å². The van der Waals surface area contributed by atoms with Crippen molar-refractivity contribution in [3.05, 3.63) is 64.6 Å². The molecule has 6 nitrogen and oxygen atoms in total. The molecule has 0 radical (unpaired) electrons. The molecule has 1 amide bonds. The van der Waals surface area contributed by atoms with E-state index >= 15 is 0 Å². The van der Waals surface area contributed by atoms with E-state index in [2.05, 4.69) is 36.8 Å². The summed E-state index contributed by atoms with van der Waals surface area (Å²) in [5.74, 6) is 0.605. The quantitative estimate of drug-likeness (QED) is 0.479. The fourth-order valence-corrected chi connectivity index (χ4v) is 3.57. The van der Waals surface area contributed by atoms with Crippen LogP contribution in [0.5, 0.6) is 0 Å². The molecule has 2 N–H and O–H groups in total. The van der Waals surface area contributed by atoms with Gasteiger partial charge < -0.3 is 15.2 Å². The Bertz CT molecular complexity index is 931. The summed E-state index contributed by atoms with van der Waals surface area (Å²) in [7, 11) is 0. The predicted molar refractivity (Wildman–Crippen MR) is 113 cm³/mol. The fraction of sp³-hybridized carbons (Fsp3) is 0.211. The van der Waals surface area contributed by atoms with Gasteiger partial charge in [-0.2, -0.15) is 0 Å². The first kappa shape index (κ1) is 20.3. The Morgan fingerprint density at radius 1 is 1.11 bits per heavy atom. The van der Waals surface area contributed by atoms with Crippen LogP contribution in [0.4, 0.5) is 15.8 Å². The number of carbonyl (C=O) groups excluding carboxylic acids is 1. The number of carbonyl (C=O) groups is 1. The normalized spacial score (nSPS) is 10.7. The molecule has 0 aliphatic heterocycles. The number of hydrogen-bond acceptors (Lipinski definition) is 5. The molecule has 0 atom stereocenters. The highest BCUT2D eigenvalue weighted by molar-refractivity contribution is 9.10. The Morgan fingerprint density at radius 3 is 2.46 bits per heavy atom. The molecule has 1 aromatic heterocycles. The van der Waals surface area contributed by atoms with Crippen molar-refractivity contribution in [2.75, 3.05) is 16.4 Å². The third-order valence-corrected chi connectivity index (χ3v) is 5.36. The van der Waals surface area contributed by atoms with Crippen LogP contribution in [0.1, 0.15) is 12.7 Å². The van der Waals surface area contributed by atoms with Crippen molar-refractivity contribution in [3.63, 3.8) is 0 Å². The van der Waals surface area contributed by atoms with Crippen LogP contribution < -0.4 is 10.6 Å². The molecule has 2 aromatic carbocycles. The standard InChI is InChI=1S/C19H19BrFN5OS/c1-2-26-17(11-22-15-9-5-14(21)6-10-15)24-25-19(26)28-12-18(27)23-16-7-3-13(20)4-8-16/h3-10,22H,2,11-12H2,1H3,(H,23,27). The maximum absolute atomic E-state index is 13.0. The second-order valence-corrected chi connectivity index (χ2v) is 7.71. The second-order valence-electron chi connectivity index (χ2n) is 5.85. The minimum Gasteiger partial charge on any atom is -0.378 e. The van der Waals surface area contributed by atoms with Crippen LogP contribution in [0.2, 0.25) is 0 Å². The number of nitrogens with one attached hydrogen (secondary N) is 2. The topological polar surface area (TPSA) is 71.8 Å². The molecule has 0 saturated carbocycles. The first-order valence-corrected chi connectivity index (χ1v) is 10.4. The molecule has 3 rings (SSSR count). The monoisotopic (exact) mass is 463 g/mol. The third kappa shape index (κ3) is 5.56. The Balaban J connectivity index is 1.56. The molecule has 3 aromatic rings. The highest BCUT2D eigenvalue weighted by Crippen LogP contribution is 2.19. The summed E-state index contributed by atoms with van der Waals surface area (Å²) < 4.78 is 15.9. The number of anilines is 2. The van der Waals surface area contributed by atoms with E-state index in [0.29, 0.717) is 18.2 Å². The second kappa shape index (κ2) is 9.70. The molecule has 0 fully saturated rings. The van der Waals surface area contributed by atoms with Crippen molar-refractivity contribution in [2.45, 2.75) is 25.2 Å². The summed E-state index contributed by atoms with van der Waals surface area (Å²) in [4.78, 5) is 12.2. The number of aromatic nitrogens is 3. The number of thioether (sulfide) groups is 1. The van der Waals surface area contributed by atoms with E-state index in [4.69, 9.17) is 0 Å². The fourth-order valence-electron chi connectivity index (χ4n) is 2.48. The lowest BCUT2D eigenvalue weighted by Crippen LogP contribution is -2.15. The number of hydrogen-bond donors (Lipinski definition) is 2. The Labute approximate surface area is 175 Å². The van der Waals surface area contributed by atoms with Crippen LogP contribution in [-0.4, -0.2) is 26.4 Å². The van der Waals surface area contributed by atoms with Gasteiger partial charge in [0.15, 0.2) is 11.0 Å². The molecule has 0 saturated heterocycles. The number of halogens is 2. The molecule has 0 unspecified atom stereocenters. The molecule has 0 aliphatic rings. The van der Waals surface area contributed by atoms with Crippen molar-refractivity contribution in [2.24, 2.45) is 0 Å². The molecule has 9 heteroatoms. The van der Waals surface area contributed by atoms with E-state index in [9.17, 15) is 9.18 Å². The van der Waals surface area contributed by atoms with Gasteiger partial charge in [0.2, 0.25) is 5.91 Å². The summed E-state index contributed by atoms with van der Waals surface area (Å²) in [5, 5.41) is 15.1. The summed E-state index contributed by atoms with van der Waals surface area (Å²) in [6.45, 7) is 3.14. The van der Waals surface area contributed by atoms with Crippen LogP contribution in [0.3, 0.4) is 0 Å². The Morgan fingerprint density at radius 2 is 1.79 bits per heavy atom. The zero-order valence-corrected chi connectivity index (χ0v) is 17.6. The van der Waals surface area contributed by atoms with Gasteiger partial charge in [-0.05, 0) is 55.5 Å². The van der Waals surface area contributed by atoms with Gasteiger partial charge in [0.05, 0.1) is 12.3 Å². The SMILES string of the molecule is CCn1c(CNc2ccc(F)cc2)nnc1SCC(=O)Nc1ccc(Br)cc1. The van der Waals surface area contributed by atoms with Crippen LogP contribution in [0, 0.1) is 5.82 Å². The smallest absolute Gasteiger partial charge is 0.234 e. The molecule has 1 heterocycles. The van der Waals surface area contributed by atoms with Gasteiger partial charge >= 0.3 is 0 Å². The van der Waals surface area contributed by atoms with Gasteiger partial charge in [0.1, 0.15) is 5.82 Å². The Hall–Kier alpha value is -2.39. The highest BCUT2D eigenvalue weighted by atomic mass is 79.9. The molecular formula is C19H19BrFN5OS. The van der Waals surface area contributed by atoms with Gasteiger partial charge in [0.25, 0.3) is 0 Å². The lowest BCUT2D eigenvalue weighted by atomic mass is 10.3. The van der Waals surface area contributed by atoms with Gasteiger partial charge in [0, 0.05) is 22.4 Å². The van der Waals surface area contributed by atoms with Gasteiger partial charge in [-0.15, -0.1) is 10.2 Å². The van der Waals surface area contributed by atoms with Crippen molar-refractivity contribution >= 4 is 45.0 Å². The van der Waals surface area contributed by atoms with Gasteiger partial charge in [-0.3, -0.25) is 4.79 Å². The lowest BCUT2D eigenvalue weighted by Gasteiger charge is -2.09. The molecule has 0 aliphatic carbocycles. The molecule has 0 bridgehead atoms. The van der Waals surface area contributed by atoms with E-state index in [1.165, 1.54) is 23.9 Å². The van der Waals surface area contributed by atoms with Crippen LogP contribution >= 0.6 is 27.7 Å². The summed E-state index contributed by atoms with van der Waals surface area (Å²) in [6, 6.07) is 13.6. The van der Waals surface area contributed by atoms with Crippen molar-refractivity contribution < 1.29 is 9.18 Å². The first-order valence-electron chi connectivity index (χ1n) is 8.65. The zero-order valence-electron chi connectivity index (χ0n) is 15.2. The van der Waals surface area contributed by atoms with E-state index in [-0.39, 0.29) is 17.5 Å². The van der Waals surface area contributed by atoms with Crippen molar-refractivity contribution in [3.8, 4) is 0 Å². The molecular weight excluding hydrogens is 445 g/mol. The number of amides is 1. The van der Waals surface area contributed by atoms with E-state index in [1.54, 1.807) is 12.1 Å². The first-order chi connectivity index (χ1) is 13.5. The maximum atomic E-state index is 13.0.